The van der Waals surface area contributed by atoms with Crippen molar-refractivity contribution in [2.45, 2.75) is 6.92 Å². The molecule has 1 heterocycles. The van der Waals surface area contributed by atoms with Crippen molar-refractivity contribution in [2.75, 3.05) is 21.3 Å². The molecule has 26 heavy (non-hydrogen) atoms. The highest BCUT2D eigenvalue weighted by Crippen LogP contribution is 2.31. The molecule has 0 spiro atoms. The summed E-state index contributed by atoms with van der Waals surface area (Å²) in [6.45, 7) is 1.77. The number of ketones is 1. The van der Waals surface area contributed by atoms with Crippen molar-refractivity contribution in [3.8, 4) is 11.5 Å². The fraction of sp³-hybridized carbons (Fsp3) is 0.211. The van der Waals surface area contributed by atoms with Crippen molar-refractivity contribution in [2.24, 2.45) is 0 Å². The Morgan fingerprint density at radius 1 is 1.04 bits per heavy atom. The van der Waals surface area contributed by atoms with Crippen LogP contribution in [0.4, 0.5) is 0 Å². The number of hydrogen-bond acceptors (Lipinski definition) is 7. The first kappa shape index (κ1) is 19.0. The molecule has 0 amide bonds. The molecule has 0 aliphatic heterocycles. The molecule has 0 unspecified atom stereocenters. The largest absolute Gasteiger partial charge is 0.497 e. The molecule has 0 bridgehead atoms. The van der Waals surface area contributed by atoms with Crippen LogP contribution in [-0.4, -0.2) is 33.1 Å². The van der Waals surface area contributed by atoms with Crippen LogP contribution in [0.3, 0.4) is 0 Å². The number of ether oxygens (including phenoxy) is 3. The Bertz CT molecular complexity index is 922. The average molecular weight is 358 g/mol. The summed E-state index contributed by atoms with van der Waals surface area (Å²) in [7, 11) is 3.93. The van der Waals surface area contributed by atoms with E-state index in [0.717, 1.165) is 6.26 Å². The molecule has 136 valence electrons. The van der Waals surface area contributed by atoms with Crippen molar-refractivity contribution < 1.29 is 28.2 Å². The van der Waals surface area contributed by atoms with E-state index < -0.39 is 17.2 Å². The highest BCUT2D eigenvalue weighted by Gasteiger charge is 2.27. The summed E-state index contributed by atoms with van der Waals surface area (Å²) >= 11 is 0. The molecule has 0 saturated heterocycles. The van der Waals surface area contributed by atoms with Crippen LogP contribution < -0.4 is 14.9 Å². The first-order valence-corrected chi connectivity index (χ1v) is 7.61. The number of hydrogen-bond donors (Lipinski definition) is 0. The van der Waals surface area contributed by atoms with E-state index in [1.807, 2.05) is 0 Å². The van der Waals surface area contributed by atoms with Crippen molar-refractivity contribution in [1.82, 2.24) is 0 Å². The Morgan fingerprint density at radius 2 is 1.77 bits per heavy atom. The fourth-order valence-corrected chi connectivity index (χ4v) is 2.35. The molecular formula is C19H18O7. The third kappa shape index (κ3) is 3.66. The van der Waals surface area contributed by atoms with Crippen LogP contribution in [0.1, 0.15) is 39.0 Å². The van der Waals surface area contributed by atoms with Crippen LogP contribution in [0.5, 0.6) is 11.5 Å². The molecule has 2 aromatic rings. The van der Waals surface area contributed by atoms with Crippen LogP contribution in [0.15, 0.2) is 39.7 Å². The minimum Gasteiger partial charge on any atom is -0.497 e. The fourth-order valence-electron chi connectivity index (χ4n) is 2.35. The van der Waals surface area contributed by atoms with Gasteiger partial charge in [-0.05, 0) is 19.1 Å². The van der Waals surface area contributed by atoms with Gasteiger partial charge in [0, 0.05) is 12.1 Å². The van der Waals surface area contributed by atoms with Crippen molar-refractivity contribution >= 4 is 17.8 Å². The van der Waals surface area contributed by atoms with E-state index in [1.165, 1.54) is 39.5 Å². The molecule has 0 N–H and O–H groups in total. The van der Waals surface area contributed by atoms with Crippen LogP contribution >= 0.6 is 0 Å². The Hall–Kier alpha value is -3.35. The molecule has 0 fully saturated rings. The van der Waals surface area contributed by atoms with Gasteiger partial charge in [-0.3, -0.25) is 9.59 Å². The summed E-state index contributed by atoms with van der Waals surface area (Å²) in [6.07, 6.45) is 4.34. The van der Waals surface area contributed by atoms with Gasteiger partial charge in [-0.15, -0.1) is 0 Å². The second-order valence-electron chi connectivity index (χ2n) is 5.13. The van der Waals surface area contributed by atoms with Crippen LogP contribution in [-0.2, 0) is 4.74 Å². The standard InChI is InChI=1S/C19H18O7/c1-5-6-11-8-15(20)14(10-26-11)18(21)17-13(19(22)25-4)7-12(23-2)9-16(17)24-3/h5-10H,1-4H3/b6-5+. The average Bonchev–Trinajstić information content (AvgIpc) is 2.66. The molecular weight excluding hydrogens is 340 g/mol. The molecule has 2 rings (SSSR count). The first-order valence-electron chi connectivity index (χ1n) is 7.61. The smallest absolute Gasteiger partial charge is 0.338 e. The van der Waals surface area contributed by atoms with E-state index in [4.69, 9.17) is 18.6 Å². The van der Waals surface area contributed by atoms with Crippen molar-refractivity contribution in [3.63, 3.8) is 0 Å². The lowest BCUT2D eigenvalue weighted by Crippen LogP contribution is -2.19. The van der Waals surface area contributed by atoms with Gasteiger partial charge in [-0.25, -0.2) is 4.79 Å². The summed E-state index contributed by atoms with van der Waals surface area (Å²) in [5.74, 6) is -0.795. The van der Waals surface area contributed by atoms with Gasteiger partial charge in [0.1, 0.15) is 29.1 Å². The number of carbonyl (C=O) groups excluding carboxylic acids is 2. The lowest BCUT2D eigenvalue weighted by molar-refractivity contribution is 0.0596. The van der Waals surface area contributed by atoms with Gasteiger partial charge in [0.05, 0.1) is 32.5 Å². The zero-order chi connectivity index (χ0) is 19.3. The Morgan fingerprint density at radius 3 is 2.31 bits per heavy atom. The second-order valence-corrected chi connectivity index (χ2v) is 5.13. The topological polar surface area (TPSA) is 92.0 Å². The van der Waals surface area contributed by atoms with Crippen LogP contribution in [0.2, 0.25) is 0 Å². The zero-order valence-electron chi connectivity index (χ0n) is 14.8. The Labute approximate surface area is 149 Å². The summed E-state index contributed by atoms with van der Waals surface area (Å²) < 4.78 is 20.3. The maximum Gasteiger partial charge on any atom is 0.338 e. The van der Waals surface area contributed by atoms with E-state index in [-0.39, 0.29) is 22.4 Å². The normalized spacial score (nSPS) is 10.6. The molecule has 0 aliphatic rings. The highest BCUT2D eigenvalue weighted by atomic mass is 16.5. The van der Waals surface area contributed by atoms with Gasteiger partial charge in [-0.2, -0.15) is 0 Å². The zero-order valence-corrected chi connectivity index (χ0v) is 14.8. The SMILES string of the molecule is C/C=C/c1cc(=O)c(C(=O)c2c(OC)cc(OC)cc2C(=O)OC)co1. The Balaban J connectivity index is 2.68. The summed E-state index contributed by atoms with van der Waals surface area (Å²) in [5, 5.41) is 0. The molecule has 0 atom stereocenters. The summed E-state index contributed by atoms with van der Waals surface area (Å²) in [6, 6.07) is 3.98. The number of carbonyl (C=O) groups is 2. The van der Waals surface area contributed by atoms with Gasteiger partial charge in [0.15, 0.2) is 5.43 Å². The van der Waals surface area contributed by atoms with E-state index in [0.29, 0.717) is 11.5 Å². The molecule has 1 aromatic carbocycles. The highest BCUT2D eigenvalue weighted by molar-refractivity contribution is 6.16. The van der Waals surface area contributed by atoms with Gasteiger partial charge in [-0.1, -0.05) is 6.08 Å². The second kappa shape index (κ2) is 8.15. The minimum atomic E-state index is -0.763. The summed E-state index contributed by atoms with van der Waals surface area (Å²) in [5.41, 5.74) is -0.952. The lowest BCUT2D eigenvalue weighted by Gasteiger charge is -2.13. The predicted molar refractivity (Wildman–Crippen MR) is 94.0 cm³/mol. The third-order valence-corrected chi connectivity index (χ3v) is 3.59. The third-order valence-electron chi connectivity index (χ3n) is 3.59. The first-order chi connectivity index (χ1) is 12.5. The molecule has 0 saturated carbocycles. The van der Waals surface area contributed by atoms with Gasteiger partial charge >= 0.3 is 5.97 Å². The molecule has 7 heteroatoms. The van der Waals surface area contributed by atoms with Gasteiger partial charge in [0.2, 0.25) is 5.78 Å². The van der Waals surface area contributed by atoms with Crippen molar-refractivity contribution in [1.29, 1.82) is 0 Å². The maximum absolute atomic E-state index is 13.0. The predicted octanol–water partition coefficient (Wildman–Crippen LogP) is 2.71. The van der Waals surface area contributed by atoms with Crippen LogP contribution in [0, 0.1) is 0 Å². The summed E-state index contributed by atoms with van der Waals surface area (Å²) in [4.78, 5) is 37.4. The van der Waals surface area contributed by atoms with E-state index in [2.05, 4.69) is 0 Å². The van der Waals surface area contributed by atoms with E-state index in [9.17, 15) is 14.4 Å². The van der Waals surface area contributed by atoms with Gasteiger partial charge in [0.25, 0.3) is 0 Å². The lowest BCUT2D eigenvalue weighted by atomic mass is 9.97. The number of methoxy groups -OCH3 is 3. The molecule has 0 aliphatic carbocycles. The Kier molecular flexibility index (Phi) is 5.95. The molecule has 0 radical (unpaired) electrons. The monoisotopic (exact) mass is 358 g/mol. The molecule has 1 aromatic heterocycles. The number of benzene rings is 1. The van der Waals surface area contributed by atoms with Crippen LogP contribution in [0.25, 0.3) is 6.08 Å². The number of allylic oxidation sites excluding steroid dienone is 1. The van der Waals surface area contributed by atoms with E-state index >= 15 is 0 Å². The number of esters is 1. The van der Waals surface area contributed by atoms with Crippen molar-refractivity contribution in [3.05, 3.63) is 63.2 Å². The molecule has 7 nitrogen and oxygen atoms in total. The number of rotatable bonds is 6. The minimum absolute atomic E-state index is 0.0756. The quantitative estimate of drug-likeness (QED) is 0.579. The maximum atomic E-state index is 13.0. The van der Waals surface area contributed by atoms with Gasteiger partial charge < -0.3 is 18.6 Å². The van der Waals surface area contributed by atoms with E-state index in [1.54, 1.807) is 19.1 Å².